The topological polar surface area (TPSA) is 96.9 Å². The molecule has 2 aromatic rings. The van der Waals surface area contributed by atoms with E-state index in [0.717, 1.165) is 11.1 Å². The number of rotatable bonds is 9. The fourth-order valence-electron chi connectivity index (χ4n) is 3.06. The summed E-state index contributed by atoms with van der Waals surface area (Å²) in [7, 11) is 1.56. The minimum Gasteiger partial charge on any atom is -0.497 e. The van der Waals surface area contributed by atoms with Crippen LogP contribution >= 0.6 is 11.6 Å². The van der Waals surface area contributed by atoms with Crippen molar-refractivity contribution in [2.75, 3.05) is 20.3 Å². The number of hydrogen-bond donors (Lipinski definition) is 3. The number of aliphatic hydroxyl groups is 1. The normalized spacial score (nSPS) is 13.1. The lowest BCUT2D eigenvalue weighted by Crippen LogP contribution is -2.50. The highest BCUT2D eigenvalue weighted by atomic mass is 35.5. The van der Waals surface area contributed by atoms with Gasteiger partial charge in [0.05, 0.1) is 13.7 Å². The minimum atomic E-state index is -0.874. The van der Waals surface area contributed by atoms with Gasteiger partial charge in [0, 0.05) is 23.9 Å². The van der Waals surface area contributed by atoms with Gasteiger partial charge in [0.25, 0.3) is 0 Å². The first-order chi connectivity index (χ1) is 15.1. The number of carbonyl (C=O) groups is 2. The first kappa shape index (κ1) is 25.5. The maximum Gasteiger partial charge on any atom is 0.408 e. The summed E-state index contributed by atoms with van der Waals surface area (Å²) in [5.41, 5.74) is 0.969. The Labute approximate surface area is 194 Å². The average Bonchev–Trinajstić information content (AvgIpc) is 2.73. The van der Waals surface area contributed by atoms with Crippen molar-refractivity contribution < 1.29 is 24.2 Å². The van der Waals surface area contributed by atoms with Gasteiger partial charge in [0.15, 0.2) is 0 Å². The number of ether oxygens (including phenoxy) is 2. The molecule has 7 nitrogen and oxygen atoms in total. The van der Waals surface area contributed by atoms with Crippen LogP contribution in [0.15, 0.2) is 48.5 Å². The smallest absolute Gasteiger partial charge is 0.408 e. The predicted octanol–water partition coefficient (Wildman–Crippen LogP) is 3.68. The molecule has 0 radical (unpaired) electrons. The van der Waals surface area contributed by atoms with Crippen LogP contribution in [0.25, 0.3) is 0 Å². The van der Waals surface area contributed by atoms with Crippen molar-refractivity contribution in [1.82, 2.24) is 10.6 Å². The quantitative estimate of drug-likeness (QED) is 0.528. The second-order valence-corrected chi connectivity index (χ2v) is 8.87. The monoisotopic (exact) mass is 462 g/mol. The summed E-state index contributed by atoms with van der Waals surface area (Å²) >= 11 is 5.93. The number of nitrogens with one attached hydrogen (secondary N) is 2. The van der Waals surface area contributed by atoms with E-state index in [2.05, 4.69) is 10.6 Å². The molecular weight excluding hydrogens is 432 g/mol. The fraction of sp³-hybridized carbons (Fsp3) is 0.417. The van der Waals surface area contributed by atoms with Crippen LogP contribution in [0.3, 0.4) is 0 Å². The van der Waals surface area contributed by atoms with Crippen molar-refractivity contribution in [1.29, 1.82) is 0 Å². The van der Waals surface area contributed by atoms with Crippen LogP contribution in [0, 0.1) is 0 Å². The second kappa shape index (κ2) is 11.7. The lowest BCUT2D eigenvalue weighted by atomic mass is 9.99. The first-order valence-electron chi connectivity index (χ1n) is 10.4. The molecule has 0 fully saturated rings. The standard InChI is InChI=1S/C24H31ClN2O5/c1-24(2,3)32-23(30)27-21(13-16-6-5-7-20(12-16)31-4)22(29)26-14-18(15-28)17-8-10-19(25)11-9-17/h5-12,18,21,28H,13-15H2,1-4H3,(H,26,29)(H,27,30). The van der Waals surface area contributed by atoms with Crippen molar-refractivity contribution >= 4 is 23.6 Å². The maximum atomic E-state index is 13.0. The van der Waals surface area contributed by atoms with Crippen molar-refractivity contribution in [2.24, 2.45) is 0 Å². The van der Waals surface area contributed by atoms with E-state index in [1.807, 2.05) is 24.3 Å². The molecule has 2 unspecified atom stereocenters. The molecule has 8 heteroatoms. The molecule has 2 rings (SSSR count). The van der Waals surface area contributed by atoms with E-state index in [4.69, 9.17) is 21.1 Å². The number of carbonyl (C=O) groups excluding carboxylic acids is 2. The van der Waals surface area contributed by atoms with Gasteiger partial charge < -0.3 is 25.2 Å². The van der Waals surface area contributed by atoms with E-state index in [-0.39, 0.29) is 31.4 Å². The van der Waals surface area contributed by atoms with Gasteiger partial charge in [-0.05, 0) is 56.2 Å². The number of hydrogen-bond acceptors (Lipinski definition) is 5. The summed E-state index contributed by atoms with van der Waals surface area (Å²) in [6.07, 6.45) is -0.440. The van der Waals surface area contributed by atoms with Gasteiger partial charge in [-0.25, -0.2) is 4.79 Å². The van der Waals surface area contributed by atoms with Gasteiger partial charge in [0.2, 0.25) is 5.91 Å². The van der Waals surface area contributed by atoms with Gasteiger partial charge in [-0.2, -0.15) is 0 Å². The van der Waals surface area contributed by atoms with E-state index in [1.165, 1.54) is 0 Å². The molecular formula is C24H31ClN2O5. The highest BCUT2D eigenvalue weighted by Crippen LogP contribution is 2.18. The molecule has 0 saturated carbocycles. The van der Waals surface area contributed by atoms with Gasteiger partial charge in [-0.1, -0.05) is 35.9 Å². The van der Waals surface area contributed by atoms with Gasteiger partial charge in [-0.3, -0.25) is 4.79 Å². The Bertz CT molecular complexity index is 896. The highest BCUT2D eigenvalue weighted by molar-refractivity contribution is 6.30. The van der Waals surface area contributed by atoms with Gasteiger partial charge in [0.1, 0.15) is 17.4 Å². The zero-order valence-electron chi connectivity index (χ0n) is 18.9. The second-order valence-electron chi connectivity index (χ2n) is 8.43. The van der Waals surface area contributed by atoms with E-state index in [1.54, 1.807) is 52.1 Å². The molecule has 2 amide bonds. The maximum absolute atomic E-state index is 13.0. The first-order valence-corrected chi connectivity index (χ1v) is 10.8. The molecule has 32 heavy (non-hydrogen) atoms. The molecule has 2 aromatic carbocycles. The Hall–Kier alpha value is -2.77. The molecule has 3 N–H and O–H groups in total. The number of benzene rings is 2. The Balaban J connectivity index is 2.12. The van der Waals surface area contributed by atoms with Crippen LogP contribution in [0.5, 0.6) is 5.75 Å². The van der Waals surface area contributed by atoms with E-state index in [9.17, 15) is 14.7 Å². The van der Waals surface area contributed by atoms with E-state index >= 15 is 0 Å². The van der Waals surface area contributed by atoms with Crippen molar-refractivity contribution in [3.63, 3.8) is 0 Å². The average molecular weight is 463 g/mol. The highest BCUT2D eigenvalue weighted by Gasteiger charge is 2.25. The molecule has 0 aromatic heterocycles. The molecule has 0 spiro atoms. The van der Waals surface area contributed by atoms with Crippen LogP contribution in [0.4, 0.5) is 4.79 Å². The number of aliphatic hydroxyl groups excluding tert-OH is 1. The zero-order chi connectivity index (χ0) is 23.7. The van der Waals surface area contributed by atoms with Crippen molar-refractivity contribution in [3.8, 4) is 5.75 Å². The third kappa shape index (κ3) is 8.40. The Kier molecular flexibility index (Phi) is 9.35. The molecule has 0 aliphatic heterocycles. The molecule has 0 bridgehead atoms. The summed E-state index contributed by atoms with van der Waals surface area (Å²) in [5, 5.41) is 15.9. The lowest BCUT2D eigenvalue weighted by Gasteiger charge is -2.24. The molecule has 0 aliphatic carbocycles. The molecule has 174 valence electrons. The Morgan fingerprint density at radius 3 is 2.41 bits per heavy atom. The summed E-state index contributed by atoms with van der Waals surface area (Å²) in [5.74, 6) is -0.0386. The SMILES string of the molecule is COc1cccc(CC(NC(=O)OC(C)(C)C)C(=O)NCC(CO)c2ccc(Cl)cc2)c1. The third-order valence-electron chi connectivity index (χ3n) is 4.67. The van der Waals surface area contributed by atoms with Crippen molar-refractivity contribution in [2.45, 2.75) is 44.8 Å². The Morgan fingerprint density at radius 1 is 1.12 bits per heavy atom. The summed E-state index contributed by atoms with van der Waals surface area (Å²) in [4.78, 5) is 25.3. The molecule has 0 saturated heterocycles. The largest absolute Gasteiger partial charge is 0.497 e. The van der Waals surface area contributed by atoms with Crippen molar-refractivity contribution in [3.05, 3.63) is 64.7 Å². The van der Waals surface area contributed by atoms with E-state index in [0.29, 0.717) is 10.8 Å². The fourth-order valence-corrected chi connectivity index (χ4v) is 3.19. The van der Waals surface area contributed by atoms with Gasteiger partial charge in [-0.15, -0.1) is 0 Å². The Morgan fingerprint density at radius 2 is 1.81 bits per heavy atom. The summed E-state index contributed by atoms with van der Waals surface area (Å²) in [6, 6.07) is 13.5. The lowest BCUT2D eigenvalue weighted by molar-refractivity contribution is -0.123. The summed E-state index contributed by atoms with van der Waals surface area (Å²) in [6.45, 7) is 5.30. The molecule has 0 aliphatic rings. The zero-order valence-corrected chi connectivity index (χ0v) is 19.6. The van der Waals surface area contributed by atoms with Crippen LogP contribution in [-0.4, -0.2) is 49.0 Å². The minimum absolute atomic E-state index is 0.151. The van der Waals surface area contributed by atoms with Gasteiger partial charge >= 0.3 is 6.09 Å². The number of halogens is 1. The van der Waals surface area contributed by atoms with E-state index < -0.39 is 17.7 Å². The number of methoxy groups -OCH3 is 1. The number of alkyl carbamates (subject to hydrolysis) is 1. The van der Waals surface area contributed by atoms with Crippen LogP contribution in [0.2, 0.25) is 5.02 Å². The van der Waals surface area contributed by atoms with Crippen LogP contribution in [0.1, 0.15) is 37.8 Å². The van der Waals surface area contributed by atoms with Crippen LogP contribution in [-0.2, 0) is 16.0 Å². The van der Waals surface area contributed by atoms with Crippen LogP contribution < -0.4 is 15.4 Å². The number of amides is 2. The third-order valence-corrected chi connectivity index (χ3v) is 4.92. The molecule has 0 heterocycles. The summed E-state index contributed by atoms with van der Waals surface area (Å²) < 4.78 is 10.6. The molecule has 2 atom stereocenters. The predicted molar refractivity (Wildman–Crippen MR) is 124 cm³/mol.